The van der Waals surface area contributed by atoms with Gasteiger partial charge >= 0.3 is 0 Å². The fourth-order valence-electron chi connectivity index (χ4n) is 8.83. The van der Waals surface area contributed by atoms with E-state index in [1.54, 1.807) is 0 Å². The topological polar surface area (TPSA) is 8.17 Å². The molecule has 0 atom stereocenters. The van der Waals surface area contributed by atoms with Gasteiger partial charge in [-0.15, -0.1) is 0 Å². The molecule has 0 saturated heterocycles. The molecule has 10 aromatic carbocycles. The van der Waals surface area contributed by atoms with E-state index < -0.39 is 0 Å². The molecule has 0 aliphatic rings. The molecule has 0 saturated carbocycles. The molecule has 1 aromatic heterocycles. The van der Waals surface area contributed by atoms with Crippen molar-refractivity contribution in [2.75, 3.05) is 4.90 Å². The zero-order valence-electron chi connectivity index (χ0n) is 30.7. The van der Waals surface area contributed by atoms with Gasteiger partial charge in [0.15, 0.2) is 0 Å². The van der Waals surface area contributed by atoms with E-state index in [9.17, 15) is 0 Å². The molecule has 0 radical (unpaired) electrons. The average Bonchev–Trinajstić information content (AvgIpc) is 3.61. The van der Waals surface area contributed by atoms with Crippen molar-refractivity contribution >= 4 is 71.2 Å². The third kappa shape index (κ3) is 5.19. The molecule has 0 unspecified atom stereocenters. The maximum absolute atomic E-state index is 2.44. The Hall–Kier alpha value is -7.42. The van der Waals surface area contributed by atoms with E-state index in [1.807, 2.05) is 0 Å². The molecular formula is C54H36N2. The number of rotatable bonds is 6. The van der Waals surface area contributed by atoms with Gasteiger partial charge in [-0.05, 0) is 92.3 Å². The summed E-state index contributed by atoms with van der Waals surface area (Å²) in [5.41, 5.74) is 11.8. The highest BCUT2D eigenvalue weighted by molar-refractivity contribution is 6.16. The molecule has 11 rings (SSSR count). The fraction of sp³-hybridized carbons (Fsp3) is 0. The van der Waals surface area contributed by atoms with Crippen molar-refractivity contribution in [3.8, 4) is 27.9 Å². The van der Waals surface area contributed by atoms with Gasteiger partial charge in [-0.3, -0.25) is 0 Å². The van der Waals surface area contributed by atoms with Crippen LogP contribution >= 0.6 is 0 Å². The Balaban J connectivity index is 1.10. The molecule has 0 aliphatic carbocycles. The summed E-state index contributed by atoms with van der Waals surface area (Å²) in [4.78, 5) is 2.41. The van der Waals surface area contributed by atoms with Crippen LogP contribution in [0.5, 0.6) is 0 Å². The van der Waals surface area contributed by atoms with Crippen molar-refractivity contribution in [1.82, 2.24) is 4.57 Å². The number of anilines is 3. The number of aromatic nitrogens is 1. The lowest BCUT2D eigenvalue weighted by molar-refractivity contribution is 1.20. The van der Waals surface area contributed by atoms with Crippen LogP contribution in [0.4, 0.5) is 17.1 Å². The van der Waals surface area contributed by atoms with Gasteiger partial charge in [0, 0.05) is 32.9 Å². The van der Waals surface area contributed by atoms with Crippen molar-refractivity contribution in [3.05, 3.63) is 218 Å². The molecule has 2 heteroatoms. The van der Waals surface area contributed by atoms with Crippen LogP contribution in [0.1, 0.15) is 0 Å². The van der Waals surface area contributed by atoms with Crippen LogP contribution in [0.3, 0.4) is 0 Å². The Morgan fingerprint density at radius 2 is 0.875 bits per heavy atom. The lowest BCUT2D eigenvalue weighted by atomic mass is 9.97. The second-order valence-corrected chi connectivity index (χ2v) is 14.5. The maximum Gasteiger partial charge on any atom is 0.0547 e. The first-order valence-electron chi connectivity index (χ1n) is 19.3. The largest absolute Gasteiger partial charge is 0.310 e. The Morgan fingerprint density at radius 1 is 0.321 bits per heavy atom. The molecular weight excluding hydrogens is 677 g/mol. The van der Waals surface area contributed by atoms with Crippen LogP contribution < -0.4 is 4.90 Å². The van der Waals surface area contributed by atoms with Gasteiger partial charge in [-0.25, -0.2) is 0 Å². The van der Waals surface area contributed by atoms with Crippen molar-refractivity contribution in [3.63, 3.8) is 0 Å². The molecule has 0 amide bonds. The first-order chi connectivity index (χ1) is 27.8. The molecule has 262 valence electrons. The second-order valence-electron chi connectivity index (χ2n) is 14.5. The van der Waals surface area contributed by atoms with E-state index in [-0.39, 0.29) is 0 Å². The van der Waals surface area contributed by atoms with Crippen LogP contribution in [-0.2, 0) is 0 Å². The van der Waals surface area contributed by atoms with E-state index in [1.165, 1.54) is 82.1 Å². The molecule has 0 N–H and O–H groups in total. The first-order valence-corrected chi connectivity index (χ1v) is 19.3. The number of fused-ring (bicyclic) bond motifs is 6. The lowest BCUT2D eigenvalue weighted by Crippen LogP contribution is -2.10. The monoisotopic (exact) mass is 712 g/mol. The third-order valence-corrected chi connectivity index (χ3v) is 11.4. The SMILES string of the molecule is c1cc(-c2cccc3c2c2ccccc2n3-c2cccc3ccccc23)cc(N(c2ccc(-c3cccc4ccccc34)cc2)c2cccc3ccccc23)c1. The fourth-order valence-corrected chi connectivity index (χ4v) is 8.83. The van der Waals surface area contributed by atoms with Gasteiger partial charge in [0.2, 0.25) is 0 Å². The number of para-hydroxylation sites is 1. The smallest absolute Gasteiger partial charge is 0.0547 e. The Kier molecular flexibility index (Phi) is 7.53. The minimum Gasteiger partial charge on any atom is -0.310 e. The van der Waals surface area contributed by atoms with E-state index in [2.05, 4.69) is 228 Å². The normalized spacial score (nSPS) is 11.6. The maximum atomic E-state index is 2.44. The highest BCUT2D eigenvalue weighted by Crippen LogP contribution is 2.44. The zero-order valence-corrected chi connectivity index (χ0v) is 30.7. The lowest BCUT2D eigenvalue weighted by Gasteiger charge is -2.27. The molecule has 1 heterocycles. The Bertz CT molecular complexity index is 3240. The van der Waals surface area contributed by atoms with Crippen molar-refractivity contribution in [1.29, 1.82) is 0 Å². The molecule has 56 heavy (non-hydrogen) atoms. The number of nitrogens with zero attached hydrogens (tertiary/aromatic N) is 2. The number of hydrogen-bond donors (Lipinski definition) is 0. The zero-order chi connectivity index (χ0) is 37.0. The molecule has 11 aromatic rings. The van der Waals surface area contributed by atoms with E-state index in [4.69, 9.17) is 0 Å². The summed E-state index contributed by atoms with van der Waals surface area (Å²) in [6.07, 6.45) is 0. The van der Waals surface area contributed by atoms with Gasteiger partial charge in [0.05, 0.1) is 22.4 Å². The predicted molar refractivity (Wildman–Crippen MR) is 239 cm³/mol. The van der Waals surface area contributed by atoms with Crippen molar-refractivity contribution in [2.24, 2.45) is 0 Å². The Morgan fingerprint density at radius 3 is 1.68 bits per heavy atom. The summed E-state index contributed by atoms with van der Waals surface area (Å²) >= 11 is 0. The predicted octanol–water partition coefficient (Wildman–Crippen LogP) is 15.0. The average molecular weight is 713 g/mol. The Labute approximate surface area is 325 Å². The van der Waals surface area contributed by atoms with Crippen molar-refractivity contribution in [2.45, 2.75) is 0 Å². The molecule has 2 nitrogen and oxygen atoms in total. The van der Waals surface area contributed by atoms with Crippen LogP contribution in [-0.4, -0.2) is 4.57 Å². The summed E-state index contributed by atoms with van der Waals surface area (Å²) in [6, 6.07) is 79.5. The molecule has 0 fully saturated rings. The van der Waals surface area contributed by atoms with Crippen LogP contribution in [0, 0.1) is 0 Å². The van der Waals surface area contributed by atoms with Gasteiger partial charge in [0.25, 0.3) is 0 Å². The summed E-state index contributed by atoms with van der Waals surface area (Å²) in [7, 11) is 0. The second kappa shape index (κ2) is 13.2. The van der Waals surface area contributed by atoms with Gasteiger partial charge in [-0.2, -0.15) is 0 Å². The van der Waals surface area contributed by atoms with Crippen molar-refractivity contribution < 1.29 is 0 Å². The highest BCUT2D eigenvalue weighted by Gasteiger charge is 2.20. The first kappa shape index (κ1) is 32.0. The minimum absolute atomic E-state index is 1.10. The van der Waals surface area contributed by atoms with Gasteiger partial charge in [0.1, 0.15) is 0 Å². The van der Waals surface area contributed by atoms with E-state index in [0.29, 0.717) is 0 Å². The summed E-state index contributed by atoms with van der Waals surface area (Å²) in [5.74, 6) is 0. The molecule has 0 spiro atoms. The van der Waals surface area contributed by atoms with Gasteiger partial charge < -0.3 is 9.47 Å². The highest BCUT2D eigenvalue weighted by atomic mass is 15.1. The van der Waals surface area contributed by atoms with Crippen LogP contribution in [0.2, 0.25) is 0 Å². The third-order valence-electron chi connectivity index (χ3n) is 11.4. The van der Waals surface area contributed by atoms with Crippen LogP contribution in [0.25, 0.3) is 82.1 Å². The van der Waals surface area contributed by atoms with E-state index in [0.717, 1.165) is 17.1 Å². The summed E-state index contributed by atoms with van der Waals surface area (Å²) in [6.45, 7) is 0. The summed E-state index contributed by atoms with van der Waals surface area (Å²) < 4.78 is 2.44. The van der Waals surface area contributed by atoms with Gasteiger partial charge in [-0.1, -0.05) is 170 Å². The molecule has 0 aliphatic heterocycles. The van der Waals surface area contributed by atoms with E-state index >= 15 is 0 Å². The standard InChI is InChI=1S/C54H36N2/c1-4-22-44-37(14-1)17-10-26-45(44)40-32-34-42(35-33-40)55(50-29-11-18-38-15-2-5-23-46(38)50)43-21-9-20-41(36-43)48-27-13-31-53-54(48)49-25-7-8-28-52(49)56(53)51-30-12-19-39-16-3-6-24-47(39)51/h1-36H. The molecule has 0 bridgehead atoms. The number of benzene rings is 10. The quantitative estimate of drug-likeness (QED) is 0.167. The minimum atomic E-state index is 1.10. The number of hydrogen-bond acceptors (Lipinski definition) is 1. The van der Waals surface area contributed by atoms with Crippen LogP contribution in [0.15, 0.2) is 218 Å². The summed E-state index contributed by atoms with van der Waals surface area (Å²) in [5, 5.41) is 9.90.